The van der Waals surface area contributed by atoms with Crippen molar-refractivity contribution in [3.05, 3.63) is 34.9 Å². The Morgan fingerprint density at radius 1 is 0.952 bits per heavy atom. The number of alkyl halides is 5. The molecule has 0 aromatic heterocycles. The third-order valence-electron chi connectivity index (χ3n) is 3.14. The van der Waals surface area contributed by atoms with E-state index in [0.29, 0.717) is 12.8 Å². The lowest BCUT2D eigenvalue weighted by atomic mass is 9.90. The molecular formula is C15H17F5O. The lowest BCUT2D eigenvalue weighted by Crippen LogP contribution is -2.44. The first-order valence-electron chi connectivity index (χ1n) is 6.76. The maximum atomic E-state index is 13.4. The van der Waals surface area contributed by atoms with E-state index in [1.165, 1.54) is 12.1 Å². The van der Waals surface area contributed by atoms with Crippen LogP contribution in [-0.4, -0.2) is 17.9 Å². The number of halogens is 5. The highest BCUT2D eigenvalue weighted by Gasteiger charge is 2.63. The third-order valence-corrected chi connectivity index (χ3v) is 3.14. The van der Waals surface area contributed by atoms with Crippen molar-refractivity contribution in [3.63, 3.8) is 0 Å². The fourth-order valence-electron chi connectivity index (χ4n) is 2.19. The first-order valence-corrected chi connectivity index (χ1v) is 6.76. The minimum absolute atomic E-state index is 0.248. The Labute approximate surface area is 120 Å². The van der Waals surface area contributed by atoms with Gasteiger partial charge in [-0.2, -0.15) is 22.0 Å². The van der Waals surface area contributed by atoms with Crippen molar-refractivity contribution in [2.24, 2.45) is 0 Å². The van der Waals surface area contributed by atoms with Gasteiger partial charge in [0.15, 0.2) is 0 Å². The molecule has 0 aliphatic rings. The standard InChI is InChI=1S/C15H17F5O/c1-3-6-10-8-5-9-11(7-4-2)12(10)13(21)14(16,17)15(18,19)20/h5,8-9H,3-4,6-7H2,1-2H3. The second-order valence-electron chi connectivity index (χ2n) is 4.85. The highest BCUT2D eigenvalue weighted by atomic mass is 19.4. The van der Waals surface area contributed by atoms with Crippen molar-refractivity contribution in [1.29, 1.82) is 0 Å². The fraction of sp³-hybridized carbons (Fsp3) is 0.533. The largest absolute Gasteiger partial charge is 0.461 e. The molecule has 0 amide bonds. The number of hydrogen-bond acceptors (Lipinski definition) is 1. The molecule has 21 heavy (non-hydrogen) atoms. The van der Waals surface area contributed by atoms with E-state index in [1.807, 2.05) is 0 Å². The molecule has 0 saturated carbocycles. The van der Waals surface area contributed by atoms with Crippen molar-refractivity contribution in [2.75, 3.05) is 0 Å². The Balaban J connectivity index is 3.41. The number of ketones is 1. The first kappa shape index (κ1) is 17.6. The molecule has 0 bridgehead atoms. The van der Waals surface area contributed by atoms with Gasteiger partial charge in [-0.1, -0.05) is 44.9 Å². The van der Waals surface area contributed by atoms with Gasteiger partial charge in [-0.3, -0.25) is 4.79 Å². The number of carbonyl (C=O) groups is 1. The van der Waals surface area contributed by atoms with Crippen LogP contribution in [-0.2, 0) is 12.8 Å². The van der Waals surface area contributed by atoms with Gasteiger partial charge >= 0.3 is 12.1 Å². The second-order valence-corrected chi connectivity index (χ2v) is 4.85. The van der Waals surface area contributed by atoms with Crippen molar-refractivity contribution in [2.45, 2.75) is 51.6 Å². The van der Waals surface area contributed by atoms with Gasteiger partial charge in [-0.05, 0) is 24.0 Å². The lowest BCUT2D eigenvalue weighted by Gasteiger charge is -2.21. The monoisotopic (exact) mass is 308 g/mol. The van der Waals surface area contributed by atoms with E-state index in [2.05, 4.69) is 0 Å². The zero-order chi connectivity index (χ0) is 16.3. The summed E-state index contributed by atoms with van der Waals surface area (Å²) >= 11 is 0. The molecule has 1 aromatic carbocycles. The summed E-state index contributed by atoms with van der Waals surface area (Å²) in [5, 5.41) is 0. The van der Waals surface area contributed by atoms with Gasteiger partial charge in [0.25, 0.3) is 0 Å². The van der Waals surface area contributed by atoms with Crippen LogP contribution in [0.15, 0.2) is 18.2 Å². The summed E-state index contributed by atoms with van der Waals surface area (Å²) < 4.78 is 64.1. The molecule has 0 unspecified atom stereocenters. The first-order chi connectivity index (χ1) is 9.66. The molecule has 0 heterocycles. The minimum Gasteiger partial charge on any atom is -0.287 e. The summed E-state index contributed by atoms with van der Waals surface area (Å²) in [5.41, 5.74) is 0.0262. The van der Waals surface area contributed by atoms with E-state index in [1.54, 1.807) is 19.9 Å². The van der Waals surface area contributed by atoms with Crippen LogP contribution in [0.3, 0.4) is 0 Å². The average Bonchev–Trinajstić information content (AvgIpc) is 2.37. The molecule has 0 fully saturated rings. The lowest BCUT2D eigenvalue weighted by molar-refractivity contribution is -0.255. The SMILES string of the molecule is CCCc1cccc(CCC)c1C(=O)C(F)(F)C(F)(F)F. The summed E-state index contributed by atoms with van der Waals surface area (Å²) in [5.74, 6) is -7.51. The molecule has 0 aliphatic carbocycles. The van der Waals surface area contributed by atoms with Crippen molar-refractivity contribution >= 4 is 5.78 Å². The number of rotatable bonds is 6. The molecule has 1 nitrogen and oxygen atoms in total. The molecule has 6 heteroatoms. The van der Waals surface area contributed by atoms with E-state index in [0.717, 1.165) is 0 Å². The quantitative estimate of drug-likeness (QED) is 0.535. The summed E-state index contributed by atoms with van der Waals surface area (Å²) in [6.07, 6.45) is -4.22. The number of benzene rings is 1. The zero-order valence-electron chi connectivity index (χ0n) is 11.9. The molecule has 0 spiro atoms. The van der Waals surface area contributed by atoms with E-state index < -0.39 is 23.4 Å². The van der Waals surface area contributed by atoms with Crippen molar-refractivity contribution in [3.8, 4) is 0 Å². The second kappa shape index (κ2) is 6.54. The van der Waals surface area contributed by atoms with Gasteiger partial charge in [0.1, 0.15) is 0 Å². The number of aryl methyl sites for hydroxylation is 2. The third kappa shape index (κ3) is 3.60. The van der Waals surface area contributed by atoms with E-state index in [9.17, 15) is 26.7 Å². The number of carbonyl (C=O) groups excluding carboxylic acids is 1. The van der Waals surface area contributed by atoms with Gasteiger partial charge in [0.05, 0.1) is 0 Å². The van der Waals surface area contributed by atoms with Crippen molar-refractivity contribution < 1.29 is 26.7 Å². The highest BCUT2D eigenvalue weighted by molar-refractivity contribution is 6.04. The minimum atomic E-state index is -5.88. The normalized spacial score (nSPS) is 12.5. The smallest absolute Gasteiger partial charge is 0.287 e. The van der Waals surface area contributed by atoms with Crippen LogP contribution in [0, 0.1) is 0 Å². The van der Waals surface area contributed by atoms with E-state index in [4.69, 9.17) is 0 Å². The van der Waals surface area contributed by atoms with Crippen LogP contribution in [0.4, 0.5) is 22.0 Å². The summed E-state index contributed by atoms with van der Waals surface area (Å²) in [6, 6.07) is 4.45. The maximum absolute atomic E-state index is 13.4. The van der Waals surface area contributed by atoms with Crippen LogP contribution < -0.4 is 0 Å². The van der Waals surface area contributed by atoms with Gasteiger partial charge in [0.2, 0.25) is 5.78 Å². The van der Waals surface area contributed by atoms with E-state index in [-0.39, 0.29) is 24.0 Å². The Bertz CT molecular complexity index is 481. The van der Waals surface area contributed by atoms with Crippen LogP contribution >= 0.6 is 0 Å². The summed E-state index contributed by atoms with van der Waals surface area (Å²) in [4.78, 5) is 11.8. The molecule has 1 aromatic rings. The van der Waals surface area contributed by atoms with Crippen LogP contribution in [0.2, 0.25) is 0 Å². The van der Waals surface area contributed by atoms with Crippen LogP contribution in [0.25, 0.3) is 0 Å². The molecule has 0 aliphatic heterocycles. The molecular weight excluding hydrogens is 291 g/mol. The highest BCUT2D eigenvalue weighted by Crippen LogP contribution is 2.39. The van der Waals surface area contributed by atoms with Crippen LogP contribution in [0.5, 0.6) is 0 Å². The van der Waals surface area contributed by atoms with Gasteiger partial charge in [-0.15, -0.1) is 0 Å². The Hall–Kier alpha value is -1.46. The zero-order valence-corrected chi connectivity index (χ0v) is 11.9. The van der Waals surface area contributed by atoms with Crippen LogP contribution in [0.1, 0.15) is 48.2 Å². The van der Waals surface area contributed by atoms with Crippen molar-refractivity contribution in [1.82, 2.24) is 0 Å². The molecule has 118 valence electrons. The predicted molar refractivity (Wildman–Crippen MR) is 69.8 cm³/mol. The van der Waals surface area contributed by atoms with Gasteiger partial charge in [-0.25, -0.2) is 0 Å². The fourth-order valence-corrected chi connectivity index (χ4v) is 2.19. The maximum Gasteiger partial charge on any atom is 0.461 e. The molecule has 0 N–H and O–H groups in total. The Morgan fingerprint density at radius 2 is 1.38 bits per heavy atom. The summed E-state index contributed by atoms with van der Waals surface area (Å²) in [6.45, 7) is 3.53. The Kier molecular flexibility index (Phi) is 5.48. The Morgan fingerprint density at radius 3 is 1.71 bits per heavy atom. The number of hydrogen-bond donors (Lipinski definition) is 0. The number of Topliss-reactive ketones (excluding diaryl/α,β-unsaturated/α-hetero) is 1. The topological polar surface area (TPSA) is 17.1 Å². The van der Waals surface area contributed by atoms with Gasteiger partial charge < -0.3 is 0 Å². The molecule has 1 rings (SSSR count). The predicted octanol–water partition coefficient (Wildman–Crippen LogP) is 4.97. The molecule has 0 radical (unpaired) electrons. The van der Waals surface area contributed by atoms with E-state index >= 15 is 0 Å². The summed E-state index contributed by atoms with van der Waals surface area (Å²) in [7, 11) is 0. The van der Waals surface area contributed by atoms with Gasteiger partial charge in [0, 0.05) is 5.56 Å². The average molecular weight is 308 g/mol. The molecule has 0 saturated heterocycles. The molecule has 0 atom stereocenters.